The molecular weight excluding hydrogens is 721 g/mol. The van der Waals surface area contributed by atoms with Crippen LogP contribution in [-0.2, 0) is 42.7 Å². The van der Waals surface area contributed by atoms with E-state index in [2.05, 4.69) is 54.3 Å². The number of esters is 2. The maximum Gasteiger partial charge on any atom is 0.333 e. The Morgan fingerprint density at radius 2 is 0.982 bits per heavy atom. The van der Waals surface area contributed by atoms with Gasteiger partial charge in [-0.05, 0) is 78.6 Å². The molecule has 2 heterocycles. The molecule has 2 N–H and O–H groups in total. The maximum atomic E-state index is 11.7. The van der Waals surface area contributed by atoms with Gasteiger partial charge >= 0.3 is 11.9 Å². The Balaban J connectivity index is 0.000000218. The Hall–Kier alpha value is -6.30. The molecule has 0 aliphatic rings. The van der Waals surface area contributed by atoms with Crippen molar-refractivity contribution in [2.75, 3.05) is 13.2 Å². The lowest BCUT2D eigenvalue weighted by atomic mass is 9.80. The zero-order chi connectivity index (χ0) is 41.7. The normalized spacial score (nSPS) is 11.6. The van der Waals surface area contributed by atoms with E-state index in [-0.39, 0.29) is 35.5 Å². The molecule has 12 heteroatoms. The van der Waals surface area contributed by atoms with Crippen LogP contribution in [0.2, 0.25) is 0 Å². The van der Waals surface area contributed by atoms with Gasteiger partial charge in [-0.15, -0.1) is 30.0 Å². The number of hydrogen-bond donors (Lipinski definition) is 2. The van der Waals surface area contributed by atoms with E-state index < -0.39 is 11.9 Å². The number of benzene rings is 4. The van der Waals surface area contributed by atoms with Crippen molar-refractivity contribution in [1.29, 1.82) is 0 Å². The Morgan fingerprint density at radius 3 is 1.32 bits per heavy atom. The zero-order valence-corrected chi connectivity index (χ0v) is 34.1. The average molecular weight is 773 g/mol. The number of fused-ring (bicyclic) bond motifs is 2. The smallest absolute Gasteiger partial charge is 0.333 e. The molecule has 0 amide bonds. The van der Waals surface area contributed by atoms with E-state index in [1.54, 1.807) is 13.8 Å². The number of aromatic hydroxyl groups is 2. The van der Waals surface area contributed by atoms with Crippen molar-refractivity contribution in [2.24, 2.45) is 0 Å². The summed E-state index contributed by atoms with van der Waals surface area (Å²) in [7, 11) is 0. The molecule has 12 nitrogen and oxygen atoms in total. The fourth-order valence-electron chi connectivity index (χ4n) is 5.93. The van der Waals surface area contributed by atoms with Crippen molar-refractivity contribution < 1.29 is 29.3 Å². The molecule has 0 radical (unpaired) electrons. The van der Waals surface area contributed by atoms with Crippen molar-refractivity contribution >= 4 is 34.0 Å². The third-order valence-electron chi connectivity index (χ3n) is 9.67. The highest BCUT2D eigenvalue weighted by Crippen LogP contribution is 2.39. The number of carbonyl (C=O) groups excluding carboxylic acids is 2. The van der Waals surface area contributed by atoms with Gasteiger partial charge in [0.2, 0.25) is 0 Å². The number of ether oxygens (including phenoxy) is 2. The molecule has 57 heavy (non-hydrogen) atoms. The quantitative estimate of drug-likeness (QED) is 0.0913. The van der Waals surface area contributed by atoms with Gasteiger partial charge in [-0.1, -0.05) is 91.1 Å². The number of aromatic nitrogens is 6. The van der Waals surface area contributed by atoms with Crippen molar-refractivity contribution in [2.45, 2.75) is 85.5 Å². The van der Waals surface area contributed by atoms with E-state index in [9.17, 15) is 19.8 Å². The van der Waals surface area contributed by atoms with Crippen molar-refractivity contribution in [1.82, 2.24) is 30.0 Å². The molecule has 0 unspecified atom stereocenters. The first-order chi connectivity index (χ1) is 26.9. The van der Waals surface area contributed by atoms with Crippen LogP contribution in [0, 0.1) is 0 Å². The van der Waals surface area contributed by atoms with E-state index in [0.717, 1.165) is 50.7 Å². The lowest BCUT2D eigenvalue weighted by molar-refractivity contribution is -0.139. The van der Waals surface area contributed by atoms with Crippen LogP contribution in [0.5, 0.6) is 11.5 Å². The Morgan fingerprint density at radius 1 is 0.632 bits per heavy atom. The highest BCUT2D eigenvalue weighted by Gasteiger charge is 2.26. The van der Waals surface area contributed by atoms with Crippen LogP contribution in [0.3, 0.4) is 0 Å². The van der Waals surface area contributed by atoms with Crippen LogP contribution in [0.25, 0.3) is 33.4 Å². The van der Waals surface area contributed by atoms with Crippen LogP contribution in [0.4, 0.5) is 0 Å². The lowest BCUT2D eigenvalue weighted by Gasteiger charge is -2.26. The SMILES string of the molecule is C=C(C)C(=O)OCCc1cc(-n2nc3ccccc3n2)c(O)c(C(C)(C)C)c1.C=C(C)C(=O)OCCc1cc(-n2nc3ccccc3n2)c(O)c(C(C)(C)CC)c1. The summed E-state index contributed by atoms with van der Waals surface area (Å²) in [5, 5.41) is 40.0. The molecule has 0 saturated heterocycles. The monoisotopic (exact) mass is 772 g/mol. The van der Waals surface area contributed by atoms with Gasteiger partial charge in [0.15, 0.2) is 0 Å². The Bertz CT molecular complexity index is 2390. The summed E-state index contributed by atoms with van der Waals surface area (Å²) in [4.78, 5) is 26.2. The molecule has 0 bridgehead atoms. The number of phenols is 2. The van der Waals surface area contributed by atoms with Gasteiger partial charge in [-0.3, -0.25) is 0 Å². The predicted octanol–water partition coefficient (Wildman–Crippen LogP) is 8.56. The summed E-state index contributed by atoms with van der Waals surface area (Å²) < 4.78 is 10.5. The summed E-state index contributed by atoms with van der Waals surface area (Å²) in [6.07, 6.45) is 1.87. The zero-order valence-electron chi connectivity index (χ0n) is 34.1. The highest BCUT2D eigenvalue weighted by atomic mass is 16.5. The summed E-state index contributed by atoms with van der Waals surface area (Å²) in [5.74, 6) is -0.497. The van der Waals surface area contributed by atoms with E-state index in [1.807, 2.05) is 93.6 Å². The average Bonchev–Trinajstić information content (AvgIpc) is 3.80. The summed E-state index contributed by atoms with van der Waals surface area (Å²) in [5.41, 5.74) is 7.71. The molecule has 0 spiro atoms. The minimum absolute atomic E-state index is 0.149. The van der Waals surface area contributed by atoms with E-state index in [4.69, 9.17) is 9.47 Å². The molecule has 6 rings (SSSR count). The third kappa shape index (κ3) is 9.93. The summed E-state index contributed by atoms with van der Waals surface area (Å²) in [6.45, 7) is 23.2. The minimum Gasteiger partial charge on any atom is -0.505 e. The number of hydrogen-bond acceptors (Lipinski definition) is 10. The third-order valence-corrected chi connectivity index (χ3v) is 9.67. The molecule has 298 valence electrons. The van der Waals surface area contributed by atoms with E-state index in [0.29, 0.717) is 35.4 Å². The number of phenolic OH excluding ortho intramolecular Hbond substituents is 2. The number of rotatable bonds is 12. The van der Waals surface area contributed by atoms with Crippen LogP contribution in [0.1, 0.15) is 84.1 Å². The second-order valence-electron chi connectivity index (χ2n) is 15.8. The largest absolute Gasteiger partial charge is 0.505 e. The molecule has 0 aliphatic heterocycles. The molecule has 0 fully saturated rings. The van der Waals surface area contributed by atoms with Gasteiger partial charge < -0.3 is 19.7 Å². The molecule has 4 aromatic carbocycles. The first-order valence-electron chi connectivity index (χ1n) is 18.9. The molecule has 2 aromatic heterocycles. The predicted molar refractivity (Wildman–Crippen MR) is 222 cm³/mol. The molecular formula is C45H52N6O6. The fourth-order valence-corrected chi connectivity index (χ4v) is 5.93. The Kier molecular flexibility index (Phi) is 12.7. The van der Waals surface area contributed by atoms with Crippen molar-refractivity contribution in [3.05, 3.63) is 119 Å². The van der Waals surface area contributed by atoms with Crippen LogP contribution >= 0.6 is 0 Å². The molecule has 0 saturated carbocycles. The second-order valence-corrected chi connectivity index (χ2v) is 15.8. The number of carbonyl (C=O) groups is 2. The molecule has 0 atom stereocenters. The van der Waals surface area contributed by atoms with Gasteiger partial charge in [0.25, 0.3) is 0 Å². The topological polar surface area (TPSA) is 154 Å². The van der Waals surface area contributed by atoms with Gasteiger partial charge in [-0.2, -0.15) is 0 Å². The minimum atomic E-state index is -0.407. The maximum absolute atomic E-state index is 11.7. The van der Waals surface area contributed by atoms with Crippen LogP contribution in [-0.4, -0.2) is 65.4 Å². The van der Waals surface area contributed by atoms with Crippen molar-refractivity contribution in [3.8, 4) is 22.9 Å². The second kappa shape index (κ2) is 17.2. The van der Waals surface area contributed by atoms with Gasteiger partial charge in [0.05, 0.1) is 13.2 Å². The lowest BCUT2D eigenvalue weighted by Crippen LogP contribution is -2.18. The summed E-state index contributed by atoms with van der Waals surface area (Å²) in [6, 6.07) is 22.7. The van der Waals surface area contributed by atoms with Crippen molar-refractivity contribution in [3.63, 3.8) is 0 Å². The first-order valence-corrected chi connectivity index (χ1v) is 18.9. The van der Waals surface area contributed by atoms with Gasteiger partial charge in [-0.25, -0.2) is 9.59 Å². The van der Waals surface area contributed by atoms with E-state index in [1.165, 1.54) is 9.59 Å². The van der Waals surface area contributed by atoms with Crippen LogP contribution in [0.15, 0.2) is 97.1 Å². The fraction of sp³-hybridized carbons (Fsp3) is 0.333. The van der Waals surface area contributed by atoms with Crippen LogP contribution < -0.4 is 0 Å². The summed E-state index contributed by atoms with van der Waals surface area (Å²) >= 11 is 0. The first kappa shape index (κ1) is 41.9. The van der Waals surface area contributed by atoms with Gasteiger partial charge in [0.1, 0.15) is 44.9 Å². The van der Waals surface area contributed by atoms with Gasteiger partial charge in [0, 0.05) is 35.1 Å². The number of nitrogens with zero attached hydrogens (tertiary/aromatic N) is 6. The van der Waals surface area contributed by atoms with E-state index >= 15 is 0 Å². The highest BCUT2D eigenvalue weighted by molar-refractivity contribution is 5.87. The Labute approximate surface area is 333 Å². The standard InChI is InChI=1S/C23H27N3O3.C22H25N3O3/c1-6-23(4,5)17-13-16(11-12-29-22(28)15(2)3)14-20(21(17)27)26-24-18-9-7-8-10-19(18)25-26;1-14(2)21(27)28-11-10-15-12-16(22(3,4)5)20(26)19(13-15)25-23-17-8-6-7-9-18(17)24-25/h7-10,13-14,27H,2,6,11-12H2,1,3-5H3;6-9,12-13,26H,1,10-11H2,2-5H3. The molecule has 0 aliphatic carbocycles. The molecule has 6 aromatic rings.